The molecule has 1 unspecified atom stereocenters. The van der Waals surface area contributed by atoms with Gasteiger partial charge >= 0.3 is 12.1 Å². The third-order valence-electron chi connectivity index (χ3n) is 7.19. The summed E-state index contributed by atoms with van der Waals surface area (Å²) < 4.78 is 13.6. The second-order valence-electron chi connectivity index (χ2n) is 9.64. The maximum absolute atomic E-state index is 12.3. The second-order valence-corrected chi connectivity index (χ2v) is 9.64. The molecule has 9 heteroatoms. The molecule has 2 aromatic carbocycles. The lowest BCUT2D eigenvalue weighted by atomic mass is 9.92. The number of amides is 1. The highest BCUT2D eigenvalue weighted by Crippen LogP contribution is 2.43. The molecule has 1 atom stereocenters. The molecule has 1 amide bonds. The van der Waals surface area contributed by atoms with Crippen LogP contribution in [-0.2, 0) is 4.74 Å². The molecule has 4 aromatic rings. The monoisotopic (exact) mass is 494 g/mol. The van der Waals surface area contributed by atoms with Crippen molar-refractivity contribution in [3.05, 3.63) is 60.7 Å². The van der Waals surface area contributed by atoms with Crippen molar-refractivity contribution in [3.8, 4) is 29.1 Å². The number of nitrogens with one attached hydrogen (secondary N) is 1. The van der Waals surface area contributed by atoms with Crippen molar-refractivity contribution in [2.24, 2.45) is 5.92 Å². The molecule has 2 aromatic heterocycles. The van der Waals surface area contributed by atoms with Gasteiger partial charge in [0, 0.05) is 23.2 Å². The van der Waals surface area contributed by atoms with Gasteiger partial charge in [-0.3, -0.25) is 5.32 Å². The number of hydrogen-bond acceptors (Lipinski definition) is 7. The largest absolute Gasteiger partial charge is 0.446 e. The predicted octanol–water partition coefficient (Wildman–Crippen LogP) is 6.23. The molecule has 2 heterocycles. The van der Waals surface area contributed by atoms with Crippen LogP contribution in [0.5, 0.6) is 11.8 Å². The van der Waals surface area contributed by atoms with Crippen LogP contribution in [0.1, 0.15) is 50.6 Å². The standard InChI is InChI=1S/C28H26N6O3/c1-17(18-5-6-18)36-28(35)33-20-9-7-19(8-10-20)26-24(14-29)23-12-11-22(37-27-31-15-30-16-32-27)13-25(23)34(26)21-3-2-4-21/h7-13,15-18,21H,2-6H2,1H3,(H,33,35). The van der Waals surface area contributed by atoms with Gasteiger partial charge < -0.3 is 14.0 Å². The zero-order valence-corrected chi connectivity index (χ0v) is 20.4. The number of fused-ring (bicyclic) bond motifs is 1. The Labute approximate surface area is 214 Å². The number of carbonyl (C=O) groups is 1. The highest BCUT2D eigenvalue weighted by Gasteiger charge is 2.31. The maximum atomic E-state index is 12.3. The molecule has 2 saturated carbocycles. The fourth-order valence-electron chi connectivity index (χ4n) is 4.85. The maximum Gasteiger partial charge on any atom is 0.411 e. The van der Waals surface area contributed by atoms with E-state index in [4.69, 9.17) is 9.47 Å². The number of nitrogens with zero attached hydrogens (tertiary/aromatic N) is 5. The lowest BCUT2D eigenvalue weighted by Crippen LogP contribution is -2.21. The molecule has 9 nitrogen and oxygen atoms in total. The SMILES string of the molecule is CC(OC(=O)Nc1ccc(-c2c(C#N)c3ccc(Oc4ncncn4)cc3n2C2CCC2)cc1)C1CC1. The third kappa shape index (κ3) is 4.58. The van der Waals surface area contributed by atoms with Crippen molar-refractivity contribution in [1.29, 1.82) is 5.26 Å². The number of carbonyl (C=O) groups excluding carboxylic acids is 1. The van der Waals surface area contributed by atoms with E-state index in [1.54, 1.807) is 0 Å². The van der Waals surface area contributed by atoms with Crippen molar-refractivity contribution in [2.45, 2.75) is 51.2 Å². The number of rotatable bonds is 7. The van der Waals surface area contributed by atoms with Crippen molar-refractivity contribution < 1.29 is 14.3 Å². The van der Waals surface area contributed by atoms with Crippen molar-refractivity contribution in [3.63, 3.8) is 0 Å². The number of ether oxygens (including phenoxy) is 2. The van der Waals surface area contributed by atoms with E-state index in [-0.39, 0.29) is 12.1 Å². The fraction of sp³-hybridized carbons (Fsp3) is 0.321. The molecule has 2 fully saturated rings. The molecule has 186 valence electrons. The number of benzene rings is 2. The molecule has 2 aliphatic rings. The van der Waals surface area contributed by atoms with Gasteiger partial charge in [0.15, 0.2) is 0 Å². The molecule has 0 aliphatic heterocycles. The molecule has 0 radical (unpaired) electrons. The normalized spacial score (nSPS) is 16.0. The Bertz CT molecular complexity index is 1480. The van der Waals surface area contributed by atoms with Crippen LogP contribution in [0.3, 0.4) is 0 Å². The summed E-state index contributed by atoms with van der Waals surface area (Å²) in [6.07, 6.45) is 7.72. The molecular weight excluding hydrogens is 468 g/mol. The topological polar surface area (TPSA) is 115 Å². The van der Waals surface area contributed by atoms with Gasteiger partial charge in [0.1, 0.15) is 30.6 Å². The van der Waals surface area contributed by atoms with Crippen LogP contribution in [0.2, 0.25) is 0 Å². The number of aromatic nitrogens is 4. The van der Waals surface area contributed by atoms with Crippen LogP contribution in [0.15, 0.2) is 55.1 Å². The molecule has 2 aliphatic carbocycles. The van der Waals surface area contributed by atoms with Gasteiger partial charge in [0.2, 0.25) is 0 Å². The number of hydrogen-bond donors (Lipinski definition) is 1. The smallest absolute Gasteiger partial charge is 0.411 e. The second kappa shape index (κ2) is 9.54. The van der Waals surface area contributed by atoms with Gasteiger partial charge in [0.25, 0.3) is 0 Å². The van der Waals surface area contributed by atoms with Crippen LogP contribution in [-0.4, -0.2) is 31.7 Å². The minimum absolute atomic E-state index is 0.0744. The molecule has 0 saturated heterocycles. The molecule has 37 heavy (non-hydrogen) atoms. The first kappa shape index (κ1) is 23.0. The Hall–Kier alpha value is -4.45. The Morgan fingerprint density at radius 2 is 1.86 bits per heavy atom. The Balaban J connectivity index is 1.33. The lowest BCUT2D eigenvalue weighted by molar-refractivity contribution is 0.108. The average Bonchev–Trinajstić information content (AvgIpc) is 3.68. The Kier molecular flexibility index (Phi) is 5.93. The van der Waals surface area contributed by atoms with Crippen molar-refractivity contribution >= 4 is 22.7 Å². The van der Waals surface area contributed by atoms with E-state index in [9.17, 15) is 10.1 Å². The zero-order valence-electron chi connectivity index (χ0n) is 20.4. The first-order valence-corrected chi connectivity index (χ1v) is 12.6. The highest BCUT2D eigenvalue weighted by atomic mass is 16.6. The first-order chi connectivity index (χ1) is 18.1. The van der Waals surface area contributed by atoms with Gasteiger partial charge in [-0.2, -0.15) is 15.2 Å². The van der Waals surface area contributed by atoms with Crippen molar-refractivity contribution in [2.75, 3.05) is 5.32 Å². The molecule has 6 rings (SSSR count). The minimum atomic E-state index is -0.445. The van der Waals surface area contributed by atoms with E-state index in [0.717, 1.165) is 54.3 Å². The highest BCUT2D eigenvalue weighted by molar-refractivity contribution is 5.96. The summed E-state index contributed by atoms with van der Waals surface area (Å²) in [4.78, 5) is 24.2. The van der Waals surface area contributed by atoms with E-state index in [2.05, 4.69) is 30.9 Å². The molecular formula is C28H26N6O3. The van der Waals surface area contributed by atoms with Gasteiger partial charge in [-0.15, -0.1) is 0 Å². The zero-order chi connectivity index (χ0) is 25.4. The van der Waals surface area contributed by atoms with E-state index in [1.165, 1.54) is 12.7 Å². The molecule has 0 bridgehead atoms. The van der Waals surface area contributed by atoms with Crippen LogP contribution >= 0.6 is 0 Å². The minimum Gasteiger partial charge on any atom is -0.446 e. The summed E-state index contributed by atoms with van der Waals surface area (Å²) in [5.74, 6) is 1.07. The van der Waals surface area contributed by atoms with E-state index < -0.39 is 6.09 Å². The van der Waals surface area contributed by atoms with Crippen LogP contribution in [0.25, 0.3) is 22.2 Å². The van der Waals surface area contributed by atoms with E-state index >= 15 is 0 Å². The summed E-state index contributed by atoms with van der Waals surface area (Å²) in [6.45, 7) is 1.93. The quantitative estimate of drug-likeness (QED) is 0.324. The number of nitriles is 1. The third-order valence-corrected chi connectivity index (χ3v) is 7.19. The van der Waals surface area contributed by atoms with Crippen LogP contribution < -0.4 is 10.1 Å². The molecule has 1 N–H and O–H groups in total. The summed E-state index contributed by atoms with van der Waals surface area (Å²) >= 11 is 0. The summed E-state index contributed by atoms with van der Waals surface area (Å²) in [5.41, 5.74) is 3.98. The summed E-state index contributed by atoms with van der Waals surface area (Å²) in [7, 11) is 0. The van der Waals surface area contributed by atoms with E-state index in [1.807, 2.05) is 49.4 Å². The van der Waals surface area contributed by atoms with Gasteiger partial charge in [-0.05, 0) is 74.8 Å². The predicted molar refractivity (Wildman–Crippen MR) is 137 cm³/mol. The number of anilines is 1. The van der Waals surface area contributed by atoms with Gasteiger partial charge in [0.05, 0.1) is 16.8 Å². The summed E-state index contributed by atoms with van der Waals surface area (Å²) in [5, 5.41) is 13.9. The lowest BCUT2D eigenvalue weighted by Gasteiger charge is -2.30. The van der Waals surface area contributed by atoms with Crippen LogP contribution in [0, 0.1) is 17.2 Å². The Morgan fingerprint density at radius 1 is 1.11 bits per heavy atom. The van der Waals surface area contributed by atoms with E-state index in [0.29, 0.717) is 29.0 Å². The van der Waals surface area contributed by atoms with Crippen LogP contribution in [0.4, 0.5) is 10.5 Å². The van der Waals surface area contributed by atoms with Crippen molar-refractivity contribution in [1.82, 2.24) is 19.5 Å². The first-order valence-electron chi connectivity index (χ1n) is 12.6. The Morgan fingerprint density at radius 3 is 2.51 bits per heavy atom. The molecule has 0 spiro atoms. The fourth-order valence-corrected chi connectivity index (χ4v) is 4.85. The van der Waals surface area contributed by atoms with Gasteiger partial charge in [-0.25, -0.2) is 9.78 Å². The van der Waals surface area contributed by atoms with Gasteiger partial charge in [-0.1, -0.05) is 12.1 Å². The summed E-state index contributed by atoms with van der Waals surface area (Å²) in [6, 6.07) is 16.2. The average molecular weight is 495 g/mol.